The van der Waals surface area contributed by atoms with Gasteiger partial charge >= 0.3 is 0 Å². The molecule has 0 fully saturated rings. The lowest BCUT2D eigenvalue weighted by molar-refractivity contribution is 0.306. The maximum atomic E-state index is 15.2. The van der Waals surface area contributed by atoms with E-state index in [-0.39, 0.29) is 12.2 Å². The van der Waals surface area contributed by atoms with Crippen LogP contribution < -0.4 is 4.74 Å². The van der Waals surface area contributed by atoms with Crippen molar-refractivity contribution in [3.63, 3.8) is 0 Å². The lowest BCUT2D eigenvalue weighted by atomic mass is 9.97. The van der Waals surface area contributed by atoms with Crippen LogP contribution in [-0.4, -0.2) is 6.61 Å². The molecule has 0 aliphatic heterocycles. The number of benzene rings is 4. The van der Waals surface area contributed by atoms with E-state index < -0.39 is 17.2 Å². The van der Waals surface area contributed by atoms with Gasteiger partial charge in [-0.3, -0.25) is 0 Å². The Bertz CT molecular complexity index is 1380. The SMILES string of the molecule is CCCCCOc1ccc(CCc2ccc3c(F)c(CCc4cc(F)c(C#N)c(F)c4)ccc3c2)cc1. The zero-order valence-corrected chi connectivity index (χ0v) is 21.0. The molecule has 0 saturated heterocycles. The molecule has 37 heavy (non-hydrogen) atoms. The average molecular weight is 502 g/mol. The average Bonchev–Trinajstić information content (AvgIpc) is 2.90. The fraction of sp³-hybridized carbons (Fsp3) is 0.281. The zero-order valence-electron chi connectivity index (χ0n) is 21.0. The molecule has 0 bridgehead atoms. The van der Waals surface area contributed by atoms with Gasteiger partial charge in [-0.15, -0.1) is 0 Å². The first-order chi connectivity index (χ1) is 18.0. The first-order valence-electron chi connectivity index (χ1n) is 12.8. The predicted molar refractivity (Wildman–Crippen MR) is 141 cm³/mol. The van der Waals surface area contributed by atoms with Gasteiger partial charge in [-0.1, -0.05) is 62.2 Å². The smallest absolute Gasteiger partial charge is 0.144 e. The van der Waals surface area contributed by atoms with Gasteiger partial charge in [-0.2, -0.15) is 5.26 Å². The summed E-state index contributed by atoms with van der Waals surface area (Å²) in [5.74, 6) is -1.20. The highest BCUT2D eigenvalue weighted by Gasteiger charge is 2.13. The monoisotopic (exact) mass is 501 g/mol. The summed E-state index contributed by atoms with van der Waals surface area (Å²) in [5, 5.41) is 10.2. The van der Waals surface area contributed by atoms with Crippen molar-refractivity contribution in [1.29, 1.82) is 5.26 Å². The lowest BCUT2D eigenvalue weighted by Crippen LogP contribution is -1.99. The molecule has 0 spiro atoms. The summed E-state index contributed by atoms with van der Waals surface area (Å²) in [6, 6.07) is 21.4. The van der Waals surface area contributed by atoms with Gasteiger partial charge in [0.1, 0.15) is 34.8 Å². The van der Waals surface area contributed by atoms with Crippen LogP contribution >= 0.6 is 0 Å². The Morgan fingerprint density at radius 2 is 1.41 bits per heavy atom. The molecule has 0 unspecified atom stereocenters. The molecule has 0 radical (unpaired) electrons. The number of nitriles is 1. The molecule has 0 aliphatic rings. The summed E-state index contributed by atoms with van der Waals surface area (Å²) >= 11 is 0. The van der Waals surface area contributed by atoms with Crippen LogP contribution in [0.25, 0.3) is 10.8 Å². The molecule has 0 aromatic heterocycles. The van der Waals surface area contributed by atoms with Crippen LogP contribution in [0.2, 0.25) is 0 Å². The summed E-state index contributed by atoms with van der Waals surface area (Å²) in [6.07, 6.45) is 5.70. The van der Waals surface area contributed by atoms with E-state index in [2.05, 4.69) is 19.1 Å². The van der Waals surface area contributed by atoms with Gasteiger partial charge in [0.2, 0.25) is 0 Å². The fourth-order valence-electron chi connectivity index (χ4n) is 4.47. The van der Waals surface area contributed by atoms with Gasteiger partial charge in [0.25, 0.3) is 0 Å². The minimum Gasteiger partial charge on any atom is -0.494 e. The zero-order chi connectivity index (χ0) is 26.2. The lowest BCUT2D eigenvalue weighted by Gasteiger charge is -2.10. The number of hydrogen-bond acceptors (Lipinski definition) is 2. The van der Waals surface area contributed by atoms with Gasteiger partial charge in [-0.05, 0) is 84.0 Å². The normalized spacial score (nSPS) is 11.0. The number of fused-ring (bicyclic) bond motifs is 1. The molecule has 0 saturated carbocycles. The number of hydrogen-bond donors (Lipinski definition) is 0. The number of halogens is 3. The molecule has 0 atom stereocenters. The number of ether oxygens (including phenoxy) is 1. The Kier molecular flexibility index (Phi) is 8.85. The van der Waals surface area contributed by atoms with Gasteiger partial charge in [0.15, 0.2) is 0 Å². The second-order valence-electron chi connectivity index (χ2n) is 9.34. The maximum absolute atomic E-state index is 15.2. The molecular weight excluding hydrogens is 471 g/mol. The first-order valence-corrected chi connectivity index (χ1v) is 12.8. The number of unbranched alkanes of at least 4 members (excludes halogenated alkanes) is 2. The Hall–Kier alpha value is -3.78. The van der Waals surface area contributed by atoms with Crippen molar-refractivity contribution < 1.29 is 17.9 Å². The van der Waals surface area contributed by atoms with Crippen LogP contribution in [0.4, 0.5) is 13.2 Å². The fourth-order valence-corrected chi connectivity index (χ4v) is 4.47. The molecule has 4 aromatic rings. The van der Waals surface area contributed by atoms with Crippen molar-refractivity contribution in [3.05, 3.63) is 112 Å². The van der Waals surface area contributed by atoms with E-state index in [4.69, 9.17) is 10.00 Å². The number of nitrogens with zero attached hydrogens (tertiary/aromatic N) is 1. The van der Waals surface area contributed by atoms with Crippen LogP contribution in [-0.2, 0) is 25.7 Å². The molecular formula is C32H30F3NO. The van der Waals surface area contributed by atoms with Crippen LogP contribution in [0, 0.1) is 28.8 Å². The highest BCUT2D eigenvalue weighted by Crippen LogP contribution is 2.25. The molecule has 190 valence electrons. The standard InChI is InChI=1S/C32H30F3NO/c1-2-3-4-17-37-27-14-8-22(9-15-27)5-6-23-10-16-28-26(18-23)13-12-25(32(28)35)11-7-24-19-30(33)29(21-36)31(34)20-24/h8-10,12-16,18-20H,2-7,11,17H2,1H3. The number of aryl methyl sites for hydroxylation is 4. The van der Waals surface area contributed by atoms with Crippen molar-refractivity contribution in [1.82, 2.24) is 0 Å². The van der Waals surface area contributed by atoms with Gasteiger partial charge in [-0.25, -0.2) is 13.2 Å². The van der Waals surface area contributed by atoms with Crippen LogP contribution in [0.1, 0.15) is 54.0 Å². The summed E-state index contributed by atoms with van der Waals surface area (Å²) in [5.41, 5.74) is 2.63. The minimum atomic E-state index is -0.893. The van der Waals surface area contributed by atoms with E-state index >= 15 is 4.39 Å². The highest BCUT2D eigenvalue weighted by molar-refractivity contribution is 5.84. The minimum absolute atomic E-state index is 0.266. The third-order valence-corrected chi connectivity index (χ3v) is 6.64. The summed E-state index contributed by atoms with van der Waals surface area (Å²) < 4.78 is 48.7. The Balaban J connectivity index is 1.37. The van der Waals surface area contributed by atoms with Gasteiger partial charge < -0.3 is 4.74 Å². The molecule has 0 amide bonds. The topological polar surface area (TPSA) is 33.0 Å². The van der Waals surface area contributed by atoms with E-state index in [0.717, 1.165) is 54.7 Å². The van der Waals surface area contributed by atoms with Crippen molar-refractivity contribution >= 4 is 10.8 Å². The molecule has 5 heteroatoms. The number of rotatable bonds is 11. The van der Waals surface area contributed by atoms with Gasteiger partial charge in [0, 0.05) is 5.39 Å². The quantitative estimate of drug-likeness (QED) is 0.194. The van der Waals surface area contributed by atoms with E-state index in [9.17, 15) is 8.78 Å². The predicted octanol–water partition coefficient (Wildman–Crippen LogP) is 8.27. The second-order valence-corrected chi connectivity index (χ2v) is 9.34. The third-order valence-electron chi connectivity index (χ3n) is 6.64. The summed E-state index contributed by atoms with van der Waals surface area (Å²) in [6.45, 7) is 2.92. The summed E-state index contributed by atoms with van der Waals surface area (Å²) in [7, 11) is 0. The van der Waals surface area contributed by atoms with Crippen molar-refractivity contribution in [2.45, 2.75) is 51.9 Å². The summed E-state index contributed by atoms with van der Waals surface area (Å²) in [4.78, 5) is 0. The van der Waals surface area contributed by atoms with Crippen molar-refractivity contribution in [2.75, 3.05) is 6.61 Å². The van der Waals surface area contributed by atoms with E-state index in [1.165, 1.54) is 24.5 Å². The maximum Gasteiger partial charge on any atom is 0.144 e. The molecule has 0 heterocycles. The Morgan fingerprint density at radius 1 is 0.730 bits per heavy atom. The third kappa shape index (κ3) is 6.71. The molecule has 4 aromatic carbocycles. The second kappa shape index (κ2) is 12.5. The molecule has 0 aliphatic carbocycles. The van der Waals surface area contributed by atoms with Crippen LogP contribution in [0.5, 0.6) is 5.75 Å². The Morgan fingerprint density at radius 3 is 2.11 bits per heavy atom. The molecule has 0 N–H and O–H groups in total. The van der Waals surface area contributed by atoms with E-state index in [1.807, 2.05) is 30.3 Å². The van der Waals surface area contributed by atoms with Crippen LogP contribution in [0.15, 0.2) is 66.7 Å². The van der Waals surface area contributed by atoms with Crippen molar-refractivity contribution in [2.24, 2.45) is 0 Å². The van der Waals surface area contributed by atoms with Gasteiger partial charge in [0.05, 0.1) is 6.61 Å². The molecule has 2 nitrogen and oxygen atoms in total. The molecule has 4 rings (SSSR count). The Labute approximate surface area is 216 Å². The van der Waals surface area contributed by atoms with Crippen molar-refractivity contribution in [3.8, 4) is 11.8 Å². The van der Waals surface area contributed by atoms with E-state index in [1.54, 1.807) is 12.1 Å². The first kappa shape index (κ1) is 26.3. The largest absolute Gasteiger partial charge is 0.494 e. The van der Waals surface area contributed by atoms with Crippen LogP contribution in [0.3, 0.4) is 0 Å². The highest BCUT2D eigenvalue weighted by atomic mass is 19.1. The van der Waals surface area contributed by atoms with E-state index in [0.29, 0.717) is 22.9 Å².